The number of primary amides is 1. The summed E-state index contributed by atoms with van der Waals surface area (Å²) >= 11 is 0. The highest BCUT2D eigenvalue weighted by Gasteiger charge is 2.26. The van der Waals surface area contributed by atoms with Crippen LogP contribution in [0.5, 0.6) is 5.75 Å². The fourth-order valence-corrected chi connectivity index (χ4v) is 3.18. The summed E-state index contributed by atoms with van der Waals surface area (Å²) in [6.07, 6.45) is 7.74. The van der Waals surface area contributed by atoms with Crippen molar-refractivity contribution in [3.05, 3.63) is 58.9 Å². The van der Waals surface area contributed by atoms with Gasteiger partial charge in [-0.1, -0.05) is 19.1 Å². The Labute approximate surface area is 161 Å². The number of hydrogen-bond acceptors (Lipinski definition) is 6. The smallest absolute Gasteiger partial charge is 0.532 e. The van der Waals surface area contributed by atoms with Gasteiger partial charge in [-0.3, -0.25) is 9.89 Å². The highest BCUT2D eigenvalue weighted by atomic mass is 16.5. The maximum atomic E-state index is 12.1. The maximum absolute atomic E-state index is 12.1. The van der Waals surface area contributed by atoms with Crippen molar-refractivity contribution >= 4 is 36.2 Å². The van der Waals surface area contributed by atoms with Crippen LogP contribution in [0.1, 0.15) is 35.0 Å². The Morgan fingerprint density at radius 1 is 1.46 bits per heavy atom. The van der Waals surface area contributed by atoms with E-state index < -0.39 is 13.0 Å². The molecular formula is C19H19BN4O4. The molecule has 0 radical (unpaired) electrons. The average molecular weight is 378 g/mol. The predicted octanol–water partition coefficient (Wildman–Crippen LogP) is 2.39. The van der Waals surface area contributed by atoms with E-state index in [2.05, 4.69) is 15.5 Å². The molecular weight excluding hydrogens is 359 g/mol. The lowest BCUT2D eigenvalue weighted by Gasteiger charge is -2.20. The zero-order valence-electron chi connectivity index (χ0n) is 15.2. The van der Waals surface area contributed by atoms with Gasteiger partial charge in [0.25, 0.3) is 5.91 Å². The van der Waals surface area contributed by atoms with Crippen molar-refractivity contribution in [3.63, 3.8) is 0 Å². The number of aromatic amines is 1. The minimum absolute atomic E-state index is 0.263. The second kappa shape index (κ2) is 7.28. The van der Waals surface area contributed by atoms with E-state index in [-0.39, 0.29) is 5.56 Å². The van der Waals surface area contributed by atoms with Crippen LogP contribution in [0.3, 0.4) is 0 Å². The molecule has 0 saturated carbocycles. The highest BCUT2D eigenvalue weighted by molar-refractivity contribution is 6.54. The Balaban J connectivity index is 1.67. The quantitative estimate of drug-likeness (QED) is 0.593. The first-order valence-corrected chi connectivity index (χ1v) is 8.89. The number of nitrogens with zero attached hydrogens (tertiary/aromatic N) is 1. The molecule has 0 spiro atoms. The standard InChI is InChI=1S/C19H19BN4O4/c1-2-13-8-12-9-14(5-6-15(12)28-20(13)26)22-19-16(18(21)25)17(23-24-19)11-4-3-7-27-10-11/h3-9,26H,2,10H2,1H3,(H2,21,25)(H2,22,23,24). The molecule has 0 saturated heterocycles. The van der Waals surface area contributed by atoms with Gasteiger partial charge in [0.15, 0.2) is 5.82 Å². The molecule has 0 bridgehead atoms. The van der Waals surface area contributed by atoms with Crippen molar-refractivity contribution in [1.82, 2.24) is 10.2 Å². The van der Waals surface area contributed by atoms with E-state index in [1.807, 2.05) is 25.1 Å². The molecule has 4 rings (SSSR count). The van der Waals surface area contributed by atoms with Gasteiger partial charge in [0.05, 0.1) is 12.0 Å². The molecule has 2 aliphatic rings. The minimum Gasteiger partial charge on any atom is -0.532 e. The van der Waals surface area contributed by atoms with Crippen LogP contribution in [0.4, 0.5) is 11.5 Å². The molecule has 5 N–H and O–H groups in total. The summed E-state index contributed by atoms with van der Waals surface area (Å²) in [5.74, 6) is 0.318. The van der Waals surface area contributed by atoms with Crippen LogP contribution >= 0.6 is 0 Å². The number of rotatable bonds is 5. The van der Waals surface area contributed by atoms with E-state index in [1.165, 1.54) is 0 Å². The highest BCUT2D eigenvalue weighted by Crippen LogP contribution is 2.33. The van der Waals surface area contributed by atoms with Gasteiger partial charge in [0.1, 0.15) is 17.9 Å². The number of hydrogen-bond donors (Lipinski definition) is 4. The van der Waals surface area contributed by atoms with Gasteiger partial charge in [0.2, 0.25) is 0 Å². The van der Waals surface area contributed by atoms with Crippen molar-refractivity contribution in [2.45, 2.75) is 13.3 Å². The number of fused-ring (bicyclic) bond motifs is 1. The van der Waals surface area contributed by atoms with Gasteiger partial charge < -0.3 is 25.5 Å². The molecule has 2 aliphatic heterocycles. The number of benzene rings is 1. The molecule has 8 nitrogen and oxygen atoms in total. The lowest BCUT2D eigenvalue weighted by Crippen LogP contribution is -2.27. The summed E-state index contributed by atoms with van der Waals surface area (Å²) in [6, 6.07) is 5.40. The molecule has 0 fully saturated rings. The molecule has 142 valence electrons. The number of ether oxygens (including phenoxy) is 1. The van der Waals surface area contributed by atoms with E-state index in [1.54, 1.807) is 24.5 Å². The van der Waals surface area contributed by atoms with E-state index >= 15 is 0 Å². The predicted molar refractivity (Wildman–Crippen MR) is 107 cm³/mol. The Morgan fingerprint density at radius 2 is 2.32 bits per heavy atom. The van der Waals surface area contributed by atoms with Crippen molar-refractivity contribution in [1.29, 1.82) is 0 Å². The lowest BCUT2D eigenvalue weighted by atomic mass is 9.74. The number of nitrogens with one attached hydrogen (secondary N) is 2. The zero-order chi connectivity index (χ0) is 19.7. The second-order valence-corrected chi connectivity index (χ2v) is 6.44. The normalized spacial score (nSPS) is 15.1. The van der Waals surface area contributed by atoms with Gasteiger partial charge in [-0.05, 0) is 36.2 Å². The molecule has 0 unspecified atom stereocenters. The Hall–Kier alpha value is -3.46. The van der Waals surface area contributed by atoms with Crippen LogP contribution in [0.15, 0.2) is 42.1 Å². The number of carbonyl (C=O) groups excluding carboxylic acids is 1. The third-order valence-electron chi connectivity index (χ3n) is 4.62. The van der Waals surface area contributed by atoms with Crippen LogP contribution in [0, 0.1) is 0 Å². The van der Waals surface area contributed by atoms with Gasteiger partial charge in [-0.2, -0.15) is 5.10 Å². The monoisotopic (exact) mass is 378 g/mol. The summed E-state index contributed by atoms with van der Waals surface area (Å²) < 4.78 is 10.8. The number of nitrogens with two attached hydrogens (primary N) is 1. The van der Waals surface area contributed by atoms with Crippen molar-refractivity contribution < 1.29 is 19.2 Å². The van der Waals surface area contributed by atoms with Crippen LogP contribution in [0.25, 0.3) is 11.6 Å². The minimum atomic E-state index is -0.924. The lowest BCUT2D eigenvalue weighted by molar-refractivity contribution is 0.100. The number of amides is 1. The van der Waals surface area contributed by atoms with Crippen molar-refractivity contribution in [3.8, 4) is 5.75 Å². The first kappa shape index (κ1) is 17.9. The Morgan fingerprint density at radius 3 is 3.04 bits per heavy atom. The molecule has 3 heterocycles. The molecule has 9 heteroatoms. The Kier molecular flexibility index (Phi) is 4.66. The number of allylic oxidation sites excluding steroid dienone is 3. The van der Waals surface area contributed by atoms with E-state index in [9.17, 15) is 9.82 Å². The van der Waals surface area contributed by atoms with Crippen molar-refractivity contribution in [2.75, 3.05) is 11.9 Å². The van der Waals surface area contributed by atoms with E-state index in [4.69, 9.17) is 15.1 Å². The van der Waals surface area contributed by atoms with Crippen LogP contribution in [0.2, 0.25) is 0 Å². The van der Waals surface area contributed by atoms with Gasteiger partial charge >= 0.3 is 7.12 Å². The summed E-state index contributed by atoms with van der Waals surface area (Å²) in [4.78, 5) is 12.1. The largest absolute Gasteiger partial charge is 0.555 e. The Bertz CT molecular complexity index is 1020. The summed E-state index contributed by atoms with van der Waals surface area (Å²) in [5.41, 5.74) is 9.50. The van der Waals surface area contributed by atoms with E-state index in [0.29, 0.717) is 36.0 Å². The second-order valence-electron chi connectivity index (χ2n) is 6.44. The van der Waals surface area contributed by atoms with Crippen LogP contribution in [-0.2, 0) is 4.74 Å². The first-order chi connectivity index (χ1) is 13.6. The van der Waals surface area contributed by atoms with Crippen molar-refractivity contribution in [2.24, 2.45) is 5.73 Å². The third-order valence-corrected chi connectivity index (χ3v) is 4.62. The maximum Gasteiger partial charge on any atom is 0.555 e. The molecule has 2 aromatic rings. The molecule has 1 amide bonds. The van der Waals surface area contributed by atoms with Gasteiger partial charge in [-0.15, -0.1) is 0 Å². The SMILES string of the molecule is CCC1=Cc2cc(Nc3n[nH]c(C4=CC=COC4)c3C(N)=O)ccc2OB1O. The first-order valence-electron chi connectivity index (χ1n) is 8.89. The van der Waals surface area contributed by atoms with Gasteiger partial charge in [0, 0.05) is 16.8 Å². The average Bonchev–Trinajstić information content (AvgIpc) is 3.12. The summed E-state index contributed by atoms with van der Waals surface area (Å²) in [6.45, 7) is 2.27. The number of aromatic nitrogens is 2. The third kappa shape index (κ3) is 3.27. The van der Waals surface area contributed by atoms with Crippen LogP contribution < -0.4 is 15.7 Å². The van der Waals surface area contributed by atoms with Gasteiger partial charge in [-0.25, -0.2) is 0 Å². The van der Waals surface area contributed by atoms with E-state index in [0.717, 1.165) is 16.6 Å². The summed E-state index contributed by atoms with van der Waals surface area (Å²) in [7, 11) is -0.924. The molecule has 1 aromatic heterocycles. The number of anilines is 2. The number of carbonyl (C=O) groups is 1. The fraction of sp³-hybridized carbons (Fsp3) is 0.158. The van der Waals surface area contributed by atoms with Crippen LogP contribution in [-0.4, -0.2) is 34.9 Å². The topological polar surface area (TPSA) is 122 Å². The zero-order valence-corrected chi connectivity index (χ0v) is 15.2. The molecule has 0 atom stereocenters. The molecule has 0 aliphatic carbocycles. The molecule has 1 aromatic carbocycles. The molecule has 28 heavy (non-hydrogen) atoms. The number of H-pyrrole nitrogens is 1. The summed E-state index contributed by atoms with van der Waals surface area (Å²) in [5, 5.41) is 20.2. The fourth-order valence-electron chi connectivity index (χ4n) is 3.18.